The SMILES string of the molecule is COc1cccc(CC(=O)N2CCCC(CCc3noc(-c4ccncc4)n3)C2)c1. The van der Waals surface area contributed by atoms with Gasteiger partial charge in [-0.05, 0) is 55.0 Å². The van der Waals surface area contributed by atoms with Gasteiger partial charge in [-0.3, -0.25) is 9.78 Å². The number of nitrogens with zero attached hydrogens (tertiary/aromatic N) is 4. The fourth-order valence-corrected chi connectivity index (χ4v) is 3.90. The Kier molecular flexibility index (Phi) is 6.37. The average molecular weight is 406 g/mol. The van der Waals surface area contributed by atoms with Crippen LogP contribution in [0.15, 0.2) is 53.3 Å². The summed E-state index contributed by atoms with van der Waals surface area (Å²) in [4.78, 5) is 23.3. The summed E-state index contributed by atoms with van der Waals surface area (Å²) in [6.45, 7) is 1.62. The van der Waals surface area contributed by atoms with Crippen molar-refractivity contribution in [1.82, 2.24) is 20.0 Å². The number of amides is 1. The van der Waals surface area contributed by atoms with Crippen molar-refractivity contribution in [2.75, 3.05) is 20.2 Å². The molecule has 4 rings (SSSR count). The molecule has 30 heavy (non-hydrogen) atoms. The predicted octanol–water partition coefficient (Wildman–Crippen LogP) is 3.55. The normalized spacial score (nSPS) is 16.4. The number of aromatic nitrogens is 3. The van der Waals surface area contributed by atoms with Gasteiger partial charge in [0.1, 0.15) is 5.75 Å². The molecular weight excluding hydrogens is 380 g/mol. The van der Waals surface area contributed by atoms with Gasteiger partial charge in [-0.15, -0.1) is 0 Å². The summed E-state index contributed by atoms with van der Waals surface area (Å²) in [6, 6.07) is 11.4. The summed E-state index contributed by atoms with van der Waals surface area (Å²) in [6.07, 6.45) is 7.66. The first kappa shape index (κ1) is 20.1. The zero-order valence-electron chi connectivity index (χ0n) is 17.2. The topological polar surface area (TPSA) is 81.4 Å². The van der Waals surface area contributed by atoms with Gasteiger partial charge >= 0.3 is 0 Å². The standard InChI is InChI=1S/C23H26N4O3/c1-29-20-6-2-4-18(14-20)15-22(28)27-13-3-5-17(16-27)7-8-21-25-23(30-26-21)19-9-11-24-12-10-19/h2,4,6,9-12,14,17H,3,5,7-8,13,15-16H2,1H3. The Hall–Kier alpha value is -3.22. The highest BCUT2D eigenvalue weighted by Crippen LogP contribution is 2.23. The molecule has 7 heteroatoms. The third-order valence-electron chi connectivity index (χ3n) is 5.53. The van der Waals surface area contributed by atoms with Crippen LogP contribution in [0.25, 0.3) is 11.5 Å². The number of ether oxygens (including phenoxy) is 1. The number of hydrogen-bond donors (Lipinski definition) is 0. The molecule has 0 N–H and O–H groups in total. The van der Waals surface area contributed by atoms with Crippen LogP contribution in [-0.4, -0.2) is 46.1 Å². The van der Waals surface area contributed by atoms with Gasteiger partial charge in [0.05, 0.1) is 13.5 Å². The minimum atomic E-state index is 0.174. The second-order valence-electron chi connectivity index (χ2n) is 7.67. The van der Waals surface area contributed by atoms with E-state index >= 15 is 0 Å². The quantitative estimate of drug-likeness (QED) is 0.597. The van der Waals surface area contributed by atoms with E-state index in [4.69, 9.17) is 9.26 Å². The Bertz CT molecular complexity index is 973. The molecule has 0 saturated carbocycles. The van der Waals surface area contributed by atoms with Crippen LogP contribution in [0, 0.1) is 5.92 Å². The number of aryl methyl sites for hydroxylation is 1. The zero-order chi connectivity index (χ0) is 20.8. The highest BCUT2D eigenvalue weighted by molar-refractivity contribution is 5.79. The first-order chi connectivity index (χ1) is 14.7. The summed E-state index contributed by atoms with van der Waals surface area (Å²) in [5.74, 6) is 2.64. The van der Waals surface area contributed by atoms with Gasteiger partial charge < -0.3 is 14.2 Å². The summed E-state index contributed by atoms with van der Waals surface area (Å²) in [7, 11) is 1.64. The molecule has 1 saturated heterocycles. The van der Waals surface area contributed by atoms with E-state index in [9.17, 15) is 4.79 Å². The highest BCUT2D eigenvalue weighted by atomic mass is 16.5. The molecule has 3 aromatic rings. The maximum absolute atomic E-state index is 12.8. The van der Waals surface area contributed by atoms with Crippen LogP contribution in [0.2, 0.25) is 0 Å². The number of pyridine rings is 1. The van der Waals surface area contributed by atoms with Gasteiger partial charge in [-0.25, -0.2) is 0 Å². The number of benzene rings is 1. The first-order valence-electron chi connectivity index (χ1n) is 10.3. The Morgan fingerprint density at radius 3 is 2.97 bits per heavy atom. The maximum atomic E-state index is 12.8. The summed E-state index contributed by atoms with van der Waals surface area (Å²) >= 11 is 0. The van der Waals surface area contributed by atoms with Crippen LogP contribution < -0.4 is 4.74 Å². The van der Waals surface area contributed by atoms with E-state index in [2.05, 4.69) is 15.1 Å². The molecular formula is C23H26N4O3. The molecule has 0 radical (unpaired) electrons. The first-order valence-corrected chi connectivity index (χ1v) is 10.3. The number of carbonyl (C=O) groups excluding carboxylic acids is 1. The van der Waals surface area contributed by atoms with Gasteiger partial charge in [-0.1, -0.05) is 17.3 Å². The van der Waals surface area contributed by atoms with Crippen LogP contribution >= 0.6 is 0 Å². The Labute approximate surface area is 176 Å². The molecule has 1 aromatic carbocycles. The van der Waals surface area contributed by atoms with Crippen molar-refractivity contribution in [2.24, 2.45) is 5.92 Å². The highest BCUT2D eigenvalue weighted by Gasteiger charge is 2.24. The van der Waals surface area contributed by atoms with Crippen molar-refractivity contribution in [3.05, 3.63) is 60.2 Å². The third kappa shape index (κ3) is 5.03. The van der Waals surface area contributed by atoms with Crippen molar-refractivity contribution in [1.29, 1.82) is 0 Å². The lowest BCUT2D eigenvalue weighted by atomic mass is 9.93. The van der Waals surface area contributed by atoms with Crippen molar-refractivity contribution >= 4 is 5.91 Å². The predicted molar refractivity (Wildman–Crippen MR) is 112 cm³/mol. The van der Waals surface area contributed by atoms with Crippen molar-refractivity contribution in [3.63, 3.8) is 0 Å². The fourth-order valence-electron chi connectivity index (χ4n) is 3.90. The number of hydrogen-bond acceptors (Lipinski definition) is 6. The molecule has 156 valence electrons. The Balaban J connectivity index is 1.30. The molecule has 3 heterocycles. The van der Waals surface area contributed by atoms with Crippen LogP contribution in [0.5, 0.6) is 5.75 Å². The smallest absolute Gasteiger partial charge is 0.258 e. The number of likely N-dealkylation sites (tertiary alicyclic amines) is 1. The van der Waals surface area contributed by atoms with E-state index in [1.54, 1.807) is 19.5 Å². The third-order valence-corrected chi connectivity index (χ3v) is 5.53. The lowest BCUT2D eigenvalue weighted by Crippen LogP contribution is -2.40. The largest absolute Gasteiger partial charge is 0.497 e. The van der Waals surface area contributed by atoms with Gasteiger partial charge in [0, 0.05) is 37.5 Å². The molecule has 0 bridgehead atoms. The molecule has 1 fully saturated rings. The Morgan fingerprint density at radius 1 is 1.27 bits per heavy atom. The molecule has 0 aliphatic carbocycles. The van der Waals surface area contributed by atoms with E-state index in [-0.39, 0.29) is 5.91 Å². The van der Waals surface area contributed by atoms with E-state index < -0.39 is 0 Å². The molecule has 1 amide bonds. The number of carbonyl (C=O) groups is 1. The van der Waals surface area contributed by atoms with Crippen molar-refractivity contribution < 1.29 is 14.1 Å². The van der Waals surface area contributed by atoms with Crippen molar-refractivity contribution in [3.8, 4) is 17.2 Å². The van der Waals surface area contributed by atoms with Crippen LogP contribution in [-0.2, 0) is 17.6 Å². The monoisotopic (exact) mass is 406 g/mol. The van der Waals surface area contributed by atoms with Gasteiger partial charge in [0.15, 0.2) is 5.82 Å². The van der Waals surface area contributed by atoms with E-state index in [1.807, 2.05) is 41.3 Å². The van der Waals surface area contributed by atoms with E-state index in [0.29, 0.717) is 24.1 Å². The minimum Gasteiger partial charge on any atom is -0.497 e. The van der Waals surface area contributed by atoms with Gasteiger partial charge in [-0.2, -0.15) is 4.98 Å². The second-order valence-corrected chi connectivity index (χ2v) is 7.67. The fraction of sp³-hybridized carbons (Fsp3) is 0.391. The lowest BCUT2D eigenvalue weighted by Gasteiger charge is -2.32. The van der Waals surface area contributed by atoms with E-state index in [1.165, 1.54) is 0 Å². The van der Waals surface area contributed by atoms with Gasteiger partial charge in [0.2, 0.25) is 5.91 Å². The molecule has 1 aliphatic heterocycles. The molecule has 0 spiro atoms. The summed E-state index contributed by atoms with van der Waals surface area (Å²) in [5, 5.41) is 4.10. The molecule has 1 atom stereocenters. The van der Waals surface area contributed by atoms with Crippen LogP contribution in [0.4, 0.5) is 0 Å². The molecule has 7 nitrogen and oxygen atoms in total. The molecule has 1 unspecified atom stereocenters. The Morgan fingerprint density at radius 2 is 2.13 bits per heavy atom. The average Bonchev–Trinajstić information content (AvgIpc) is 3.28. The van der Waals surface area contributed by atoms with Crippen LogP contribution in [0.1, 0.15) is 30.7 Å². The van der Waals surface area contributed by atoms with E-state index in [0.717, 1.165) is 55.6 Å². The minimum absolute atomic E-state index is 0.174. The van der Waals surface area contributed by atoms with Gasteiger partial charge in [0.25, 0.3) is 5.89 Å². The maximum Gasteiger partial charge on any atom is 0.258 e. The van der Waals surface area contributed by atoms with Crippen LogP contribution in [0.3, 0.4) is 0 Å². The van der Waals surface area contributed by atoms with Crippen molar-refractivity contribution in [2.45, 2.75) is 32.1 Å². The molecule has 2 aromatic heterocycles. The summed E-state index contributed by atoms with van der Waals surface area (Å²) < 4.78 is 10.6. The number of rotatable bonds is 7. The number of methoxy groups -OCH3 is 1. The number of piperidine rings is 1. The lowest BCUT2D eigenvalue weighted by molar-refractivity contribution is -0.132. The zero-order valence-corrected chi connectivity index (χ0v) is 17.2. The summed E-state index contributed by atoms with van der Waals surface area (Å²) in [5.41, 5.74) is 1.85. The molecule has 1 aliphatic rings. The second kappa shape index (κ2) is 9.52.